The summed E-state index contributed by atoms with van der Waals surface area (Å²) in [4.78, 5) is 11.6. The third-order valence-corrected chi connectivity index (χ3v) is 7.34. The highest BCUT2D eigenvalue weighted by molar-refractivity contribution is 9.10. The lowest BCUT2D eigenvalue weighted by atomic mass is 9.93. The minimum absolute atomic E-state index is 0.404. The molecule has 0 amide bonds. The van der Waals surface area contributed by atoms with Gasteiger partial charge in [-0.3, -0.25) is 9.88 Å². The summed E-state index contributed by atoms with van der Waals surface area (Å²) in [6.45, 7) is 3.57. The van der Waals surface area contributed by atoms with Crippen LogP contribution in [0.5, 0.6) is 0 Å². The molecule has 0 saturated carbocycles. The molecule has 4 heterocycles. The fraction of sp³-hybridized carbons (Fsp3) is 0.292. The van der Waals surface area contributed by atoms with E-state index in [4.69, 9.17) is 28.2 Å². The molecule has 0 unspecified atom stereocenters. The molecule has 5 rings (SSSR count). The summed E-state index contributed by atoms with van der Waals surface area (Å²) in [5, 5.41) is 9.21. The maximum Gasteiger partial charge on any atom is 0.171 e. The molecule has 0 bridgehead atoms. The normalized spacial score (nSPS) is 15.2. The molecule has 33 heavy (non-hydrogen) atoms. The highest BCUT2D eigenvalue weighted by Gasteiger charge is 2.23. The highest BCUT2D eigenvalue weighted by Crippen LogP contribution is 2.31. The van der Waals surface area contributed by atoms with E-state index in [1.807, 2.05) is 35.0 Å². The van der Waals surface area contributed by atoms with E-state index in [9.17, 15) is 0 Å². The van der Waals surface area contributed by atoms with Crippen molar-refractivity contribution in [3.8, 4) is 0 Å². The molecule has 0 radical (unpaired) electrons. The lowest BCUT2D eigenvalue weighted by Gasteiger charge is -2.32. The molecule has 0 spiro atoms. The van der Waals surface area contributed by atoms with Crippen molar-refractivity contribution in [2.75, 3.05) is 18.4 Å². The van der Waals surface area contributed by atoms with E-state index in [1.165, 1.54) is 5.56 Å². The van der Waals surface area contributed by atoms with Gasteiger partial charge in [0, 0.05) is 43.2 Å². The zero-order valence-electron chi connectivity index (χ0n) is 17.9. The summed E-state index contributed by atoms with van der Waals surface area (Å²) < 4.78 is 2.74. The smallest absolute Gasteiger partial charge is 0.171 e. The van der Waals surface area contributed by atoms with Crippen molar-refractivity contribution in [2.45, 2.75) is 31.8 Å². The molecule has 4 aromatic rings. The van der Waals surface area contributed by atoms with Gasteiger partial charge in [0.15, 0.2) is 5.65 Å². The van der Waals surface area contributed by atoms with E-state index in [1.54, 1.807) is 12.4 Å². The van der Waals surface area contributed by atoms with Crippen molar-refractivity contribution >= 4 is 50.6 Å². The van der Waals surface area contributed by atoms with Gasteiger partial charge in [-0.05, 0) is 71.2 Å². The zero-order chi connectivity index (χ0) is 22.8. The van der Waals surface area contributed by atoms with Crippen LogP contribution in [0.1, 0.15) is 35.6 Å². The number of hydrogen-bond acceptors (Lipinski definition) is 5. The Morgan fingerprint density at radius 2 is 1.88 bits per heavy atom. The molecule has 0 aliphatic carbocycles. The molecule has 1 aromatic carbocycles. The molecule has 6 nitrogen and oxygen atoms in total. The summed E-state index contributed by atoms with van der Waals surface area (Å²) in [6.07, 6.45) is 7.55. The summed E-state index contributed by atoms with van der Waals surface area (Å²) in [7, 11) is 0. The average molecular weight is 546 g/mol. The number of fused-ring (bicyclic) bond motifs is 1. The van der Waals surface area contributed by atoms with Crippen LogP contribution in [0.2, 0.25) is 10.0 Å². The number of benzene rings is 1. The van der Waals surface area contributed by atoms with Gasteiger partial charge in [0.05, 0.1) is 20.7 Å². The van der Waals surface area contributed by atoms with Crippen LogP contribution in [0.4, 0.5) is 5.82 Å². The first-order valence-electron chi connectivity index (χ1n) is 10.9. The maximum absolute atomic E-state index is 6.19. The number of aromatic nitrogens is 4. The van der Waals surface area contributed by atoms with Crippen LogP contribution in [-0.2, 0) is 13.1 Å². The van der Waals surface area contributed by atoms with Crippen LogP contribution in [-0.4, -0.2) is 37.6 Å². The third kappa shape index (κ3) is 5.17. The van der Waals surface area contributed by atoms with E-state index >= 15 is 0 Å². The van der Waals surface area contributed by atoms with E-state index in [0.29, 0.717) is 22.5 Å². The second-order valence-electron chi connectivity index (χ2n) is 8.31. The van der Waals surface area contributed by atoms with Gasteiger partial charge >= 0.3 is 0 Å². The van der Waals surface area contributed by atoms with Crippen molar-refractivity contribution in [3.63, 3.8) is 0 Å². The molecule has 1 fully saturated rings. The number of nitrogens with one attached hydrogen (secondary N) is 1. The Bertz CT molecular complexity index is 1250. The number of hydrogen-bond donors (Lipinski definition) is 1. The van der Waals surface area contributed by atoms with E-state index in [-0.39, 0.29) is 0 Å². The standard InChI is InChI=1S/C24H23BrCl2N6/c25-19-14-30-33-23(29-13-17-2-1-7-28-12-17)11-22(31-24(19)33)18-5-8-32(9-6-18)15-16-3-4-20(26)21(27)10-16/h1-4,7,10-12,14,18,29H,5-6,8-9,13,15H2. The Hall–Kier alpha value is -2.19. The minimum Gasteiger partial charge on any atom is -0.366 e. The minimum atomic E-state index is 0.404. The summed E-state index contributed by atoms with van der Waals surface area (Å²) in [6, 6.07) is 12.0. The van der Waals surface area contributed by atoms with Gasteiger partial charge in [-0.15, -0.1) is 0 Å². The van der Waals surface area contributed by atoms with E-state index in [0.717, 1.165) is 59.7 Å². The van der Waals surface area contributed by atoms with Crippen LogP contribution in [0.15, 0.2) is 59.5 Å². The van der Waals surface area contributed by atoms with Crippen molar-refractivity contribution in [1.82, 2.24) is 24.5 Å². The number of piperidine rings is 1. The molecule has 1 aliphatic rings. The van der Waals surface area contributed by atoms with Gasteiger partial charge in [-0.2, -0.15) is 9.61 Å². The quantitative estimate of drug-likeness (QED) is 0.313. The maximum atomic E-state index is 6.19. The van der Waals surface area contributed by atoms with Gasteiger partial charge in [0.25, 0.3) is 0 Å². The lowest BCUT2D eigenvalue weighted by molar-refractivity contribution is 0.203. The third-order valence-electron chi connectivity index (χ3n) is 6.04. The van der Waals surface area contributed by atoms with Crippen molar-refractivity contribution < 1.29 is 0 Å². The second kappa shape index (κ2) is 9.97. The first-order chi connectivity index (χ1) is 16.1. The number of rotatable bonds is 6. The molecule has 9 heteroatoms. The van der Waals surface area contributed by atoms with Crippen LogP contribution < -0.4 is 5.32 Å². The SMILES string of the molecule is Clc1ccc(CN2CCC(c3cc(NCc4cccnc4)n4ncc(Br)c4n3)CC2)cc1Cl. The number of pyridine rings is 1. The monoisotopic (exact) mass is 544 g/mol. The first kappa shape index (κ1) is 22.6. The van der Waals surface area contributed by atoms with Gasteiger partial charge < -0.3 is 5.32 Å². The molecular weight excluding hydrogens is 523 g/mol. The van der Waals surface area contributed by atoms with Crippen LogP contribution in [0, 0.1) is 0 Å². The lowest BCUT2D eigenvalue weighted by Crippen LogP contribution is -2.32. The number of anilines is 1. The summed E-state index contributed by atoms with van der Waals surface area (Å²) in [5.41, 5.74) is 4.24. The van der Waals surface area contributed by atoms with Crippen LogP contribution in [0.25, 0.3) is 5.65 Å². The predicted molar refractivity (Wildman–Crippen MR) is 136 cm³/mol. The van der Waals surface area contributed by atoms with E-state index in [2.05, 4.69) is 48.4 Å². The summed E-state index contributed by atoms with van der Waals surface area (Å²) >= 11 is 15.8. The summed E-state index contributed by atoms with van der Waals surface area (Å²) in [5.74, 6) is 1.34. The Morgan fingerprint density at radius 1 is 1.03 bits per heavy atom. The molecule has 1 aliphatic heterocycles. The molecule has 3 aromatic heterocycles. The van der Waals surface area contributed by atoms with Crippen LogP contribution in [0.3, 0.4) is 0 Å². The fourth-order valence-corrected chi connectivity index (χ4v) is 4.94. The number of likely N-dealkylation sites (tertiary alicyclic amines) is 1. The molecule has 170 valence electrons. The molecule has 0 atom stereocenters. The van der Waals surface area contributed by atoms with E-state index < -0.39 is 0 Å². The second-order valence-corrected chi connectivity index (χ2v) is 9.98. The molecule has 1 N–H and O–H groups in total. The topological polar surface area (TPSA) is 58.4 Å². The zero-order valence-corrected chi connectivity index (χ0v) is 21.0. The predicted octanol–water partition coefficient (Wildman–Crippen LogP) is 6.19. The van der Waals surface area contributed by atoms with Gasteiger partial charge in [-0.1, -0.05) is 35.3 Å². The first-order valence-corrected chi connectivity index (χ1v) is 12.4. The largest absolute Gasteiger partial charge is 0.366 e. The average Bonchev–Trinajstić information content (AvgIpc) is 3.22. The molecular formula is C24H23BrCl2N6. The van der Waals surface area contributed by atoms with Gasteiger partial charge in [0.2, 0.25) is 0 Å². The van der Waals surface area contributed by atoms with Crippen molar-refractivity contribution in [1.29, 1.82) is 0 Å². The van der Waals surface area contributed by atoms with Gasteiger partial charge in [-0.25, -0.2) is 4.98 Å². The number of nitrogens with zero attached hydrogens (tertiary/aromatic N) is 5. The highest BCUT2D eigenvalue weighted by atomic mass is 79.9. The number of halogens is 3. The molecule has 1 saturated heterocycles. The van der Waals surface area contributed by atoms with Crippen LogP contribution >= 0.6 is 39.1 Å². The Kier molecular flexibility index (Phi) is 6.83. The Morgan fingerprint density at radius 3 is 2.64 bits per heavy atom. The van der Waals surface area contributed by atoms with Crippen molar-refractivity contribution in [2.24, 2.45) is 0 Å². The van der Waals surface area contributed by atoms with Crippen molar-refractivity contribution in [3.05, 3.63) is 86.3 Å². The fourth-order valence-electron chi connectivity index (χ4n) is 4.27. The Labute approximate surface area is 211 Å². The van der Waals surface area contributed by atoms with Gasteiger partial charge in [0.1, 0.15) is 5.82 Å². The Balaban J connectivity index is 1.30.